The lowest BCUT2D eigenvalue weighted by molar-refractivity contribution is 0.0363. The molecule has 0 unspecified atom stereocenters. The van der Waals surface area contributed by atoms with Gasteiger partial charge in [-0.1, -0.05) is 13.3 Å². The van der Waals surface area contributed by atoms with Gasteiger partial charge in [-0.05, 0) is 31.9 Å². The van der Waals surface area contributed by atoms with Crippen molar-refractivity contribution in [1.29, 1.82) is 0 Å². The Morgan fingerprint density at radius 3 is 2.69 bits per heavy atom. The largest absolute Gasteiger partial charge is 0.379 e. The van der Waals surface area contributed by atoms with E-state index < -0.39 is 0 Å². The summed E-state index contributed by atoms with van der Waals surface area (Å²) in [6, 6.07) is 3.66. The van der Waals surface area contributed by atoms with E-state index in [-0.39, 0.29) is 17.0 Å². The summed E-state index contributed by atoms with van der Waals surface area (Å²) in [5, 5.41) is 7.33. The van der Waals surface area contributed by atoms with Crippen LogP contribution in [0.1, 0.15) is 41.4 Å². The smallest absolute Gasteiger partial charge is 0.263 e. The highest BCUT2D eigenvalue weighted by atomic mass is 16.5. The lowest BCUT2D eigenvalue weighted by Crippen LogP contribution is -2.40. The maximum absolute atomic E-state index is 13.0. The molecule has 1 saturated heterocycles. The molecule has 0 atom stereocenters. The van der Waals surface area contributed by atoms with Crippen LogP contribution in [-0.4, -0.2) is 58.0 Å². The van der Waals surface area contributed by atoms with Crippen molar-refractivity contribution < 1.29 is 9.53 Å². The number of unbranched alkanes of at least 4 members (excludes halogenated alkanes) is 1. The number of ether oxygens (including phenoxy) is 1. The predicted molar refractivity (Wildman–Crippen MR) is 113 cm³/mol. The minimum atomic E-state index is -0.383. The van der Waals surface area contributed by atoms with Crippen molar-refractivity contribution in [3.63, 3.8) is 0 Å². The monoisotopic (exact) mass is 401 g/mol. The molecule has 2 aromatic heterocycles. The number of anilines is 1. The molecule has 1 aliphatic rings. The van der Waals surface area contributed by atoms with Crippen molar-refractivity contribution in [2.45, 2.75) is 46.7 Å². The third kappa shape index (κ3) is 5.33. The Morgan fingerprint density at radius 1 is 1.21 bits per heavy atom. The molecule has 1 N–H and O–H groups in total. The Hall–Kier alpha value is -2.45. The van der Waals surface area contributed by atoms with Crippen molar-refractivity contribution >= 4 is 11.7 Å². The summed E-state index contributed by atoms with van der Waals surface area (Å²) in [4.78, 5) is 28.2. The number of hydrogen-bond donors (Lipinski definition) is 1. The van der Waals surface area contributed by atoms with E-state index in [0.29, 0.717) is 17.9 Å². The number of nitrogens with one attached hydrogen (secondary N) is 1. The lowest BCUT2D eigenvalue weighted by atomic mass is 10.1. The zero-order valence-electron chi connectivity index (χ0n) is 17.6. The van der Waals surface area contributed by atoms with Crippen LogP contribution in [0.4, 0.5) is 5.82 Å². The lowest BCUT2D eigenvalue weighted by Gasteiger charge is -2.26. The van der Waals surface area contributed by atoms with Crippen molar-refractivity contribution in [3.05, 3.63) is 45.5 Å². The van der Waals surface area contributed by atoms with Gasteiger partial charge in [-0.3, -0.25) is 14.5 Å². The van der Waals surface area contributed by atoms with Gasteiger partial charge >= 0.3 is 0 Å². The standard InChI is InChI=1S/C21H31N5O3/c1-4-5-7-26-18(15-17(3)23-26)22-20(27)19-16(2)6-8-25(21(19)28)10-9-24-11-13-29-14-12-24/h6,8,15H,4-5,7,9-14H2,1-3H3,(H,22,27). The van der Waals surface area contributed by atoms with Crippen LogP contribution in [-0.2, 0) is 17.8 Å². The van der Waals surface area contributed by atoms with E-state index >= 15 is 0 Å². The van der Waals surface area contributed by atoms with Gasteiger partial charge in [0.15, 0.2) is 0 Å². The second-order valence-electron chi connectivity index (χ2n) is 7.53. The van der Waals surface area contributed by atoms with E-state index in [0.717, 1.165) is 57.9 Å². The first-order valence-electron chi connectivity index (χ1n) is 10.4. The molecule has 0 bridgehead atoms. The predicted octanol–water partition coefficient (Wildman–Crippen LogP) is 2.05. The number of hydrogen-bond acceptors (Lipinski definition) is 5. The number of carbonyl (C=O) groups excluding carboxylic acids is 1. The number of aryl methyl sites for hydroxylation is 3. The van der Waals surface area contributed by atoms with Gasteiger partial charge in [0.2, 0.25) is 0 Å². The molecule has 1 aliphatic heterocycles. The van der Waals surface area contributed by atoms with E-state index in [2.05, 4.69) is 22.2 Å². The Labute approximate surface area is 171 Å². The molecule has 0 saturated carbocycles. The van der Waals surface area contributed by atoms with Crippen LogP contribution in [0.25, 0.3) is 0 Å². The van der Waals surface area contributed by atoms with Gasteiger partial charge in [0.05, 0.1) is 18.9 Å². The SMILES string of the molecule is CCCCn1nc(C)cc1NC(=O)c1c(C)ccn(CCN2CCOCC2)c1=O. The Bertz CT molecular complexity index is 896. The van der Waals surface area contributed by atoms with Crippen molar-refractivity contribution in [2.24, 2.45) is 0 Å². The van der Waals surface area contributed by atoms with Crippen LogP contribution in [0.3, 0.4) is 0 Å². The van der Waals surface area contributed by atoms with E-state index in [1.54, 1.807) is 22.4 Å². The number of amides is 1. The second kappa shape index (κ2) is 9.84. The molecule has 0 spiro atoms. The van der Waals surface area contributed by atoms with Gasteiger partial charge < -0.3 is 14.6 Å². The van der Waals surface area contributed by atoms with Crippen LogP contribution in [0.2, 0.25) is 0 Å². The van der Waals surface area contributed by atoms with Crippen LogP contribution in [0, 0.1) is 13.8 Å². The van der Waals surface area contributed by atoms with Gasteiger partial charge in [0.25, 0.3) is 11.5 Å². The summed E-state index contributed by atoms with van der Waals surface area (Å²) in [6.45, 7) is 11.0. The molecule has 158 valence electrons. The average Bonchev–Trinajstić information content (AvgIpc) is 3.05. The van der Waals surface area contributed by atoms with Crippen molar-refractivity contribution in [3.8, 4) is 0 Å². The van der Waals surface area contributed by atoms with Gasteiger partial charge in [-0.15, -0.1) is 0 Å². The van der Waals surface area contributed by atoms with Crippen molar-refractivity contribution in [2.75, 3.05) is 38.2 Å². The van der Waals surface area contributed by atoms with Gasteiger partial charge in [0, 0.05) is 45.0 Å². The molecule has 8 nitrogen and oxygen atoms in total. The zero-order chi connectivity index (χ0) is 20.8. The molecular formula is C21H31N5O3. The fraction of sp³-hybridized carbons (Fsp3) is 0.571. The number of aromatic nitrogens is 3. The van der Waals surface area contributed by atoms with Crippen LogP contribution in [0.5, 0.6) is 0 Å². The summed E-state index contributed by atoms with van der Waals surface area (Å²) < 4.78 is 8.78. The molecule has 0 aromatic carbocycles. The van der Waals surface area contributed by atoms with Gasteiger partial charge in [-0.2, -0.15) is 5.10 Å². The molecule has 8 heteroatoms. The van der Waals surface area contributed by atoms with E-state index in [1.807, 2.05) is 19.1 Å². The number of morpholine rings is 1. The van der Waals surface area contributed by atoms with Gasteiger partial charge in [0.1, 0.15) is 11.4 Å². The fourth-order valence-electron chi connectivity index (χ4n) is 3.49. The van der Waals surface area contributed by atoms with E-state index in [4.69, 9.17) is 4.74 Å². The van der Waals surface area contributed by atoms with Crippen LogP contribution >= 0.6 is 0 Å². The maximum Gasteiger partial charge on any atom is 0.263 e. The number of nitrogens with zero attached hydrogens (tertiary/aromatic N) is 4. The first kappa shape index (κ1) is 21.3. The second-order valence-corrected chi connectivity index (χ2v) is 7.53. The third-order valence-corrected chi connectivity index (χ3v) is 5.23. The topological polar surface area (TPSA) is 81.4 Å². The summed E-state index contributed by atoms with van der Waals surface area (Å²) in [7, 11) is 0. The maximum atomic E-state index is 13.0. The quantitative estimate of drug-likeness (QED) is 0.732. The minimum Gasteiger partial charge on any atom is -0.379 e. The third-order valence-electron chi connectivity index (χ3n) is 5.23. The molecule has 3 rings (SSSR count). The Morgan fingerprint density at radius 2 is 1.97 bits per heavy atom. The summed E-state index contributed by atoms with van der Waals surface area (Å²) in [5.41, 5.74) is 1.44. The normalized spacial score (nSPS) is 14.9. The summed E-state index contributed by atoms with van der Waals surface area (Å²) in [5.74, 6) is 0.245. The Kier molecular flexibility index (Phi) is 7.22. The van der Waals surface area contributed by atoms with E-state index in [9.17, 15) is 9.59 Å². The molecule has 0 radical (unpaired) electrons. The first-order chi connectivity index (χ1) is 14.0. The van der Waals surface area contributed by atoms with Crippen molar-refractivity contribution in [1.82, 2.24) is 19.2 Å². The highest BCUT2D eigenvalue weighted by Crippen LogP contribution is 2.13. The average molecular weight is 402 g/mol. The minimum absolute atomic E-state index is 0.190. The van der Waals surface area contributed by atoms with Crippen LogP contribution in [0.15, 0.2) is 23.1 Å². The van der Waals surface area contributed by atoms with Gasteiger partial charge in [-0.25, -0.2) is 4.68 Å². The summed E-state index contributed by atoms with van der Waals surface area (Å²) >= 11 is 0. The summed E-state index contributed by atoms with van der Waals surface area (Å²) in [6.07, 6.45) is 3.78. The van der Waals surface area contributed by atoms with E-state index in [1.165, 1.54) is 0 Å². The van der Waals surface area contributed by atoms with Crippen LogP contribution < -0.4 is 10.9 Å². The number of rotatable bonds is 8. The molecule has 1 amide bonds. The highest BCUT2D eigenvalue weighted by molar-refractivity contribution is 6.04. The number of carbonyl (C=O) groups is 1. The number of pyridine rings is 1. The Balaban J connectivity index is 1.75. The molecule has 29 heavy (non-hydrogen) atoms. The molecule has 0 aliphatic carbocycles. The highest BCUT2D eigenvalue weighted by Gasteiger charge is 2.19. The first-order valence-corrected chi connectivity index (χ1v) is 10.4. The molecule has 2 aromatic rings. The molecule has 1 fully saturated rings. The molecule has 3 heterocycles. The molecular weight excluding hydrogens is 370 g/mol. The fourth-order valence-corrected chi connectivity index (χ4v) is 3.49. The zero-order valence-corrected chi connectivity index (χ0v) is 17.6.